The van der Waals surface area contributed by atoms with Crippen LogP contribution in [-0.4, -0.2) is 38.8 Å². The molecule has 1 aromatic rings. The van der Waals surface area contributed by atoms with Gasteiger partial charge in [-0.2, -0.15) is 0 Å². The summed E-state index contributed by atoms with van der Waals surface area (Å²) in [5.74, 6) is 1.68. The Balaban J connectivity index is 2.02. The number of methoxy groups -OCH3 is 2. The molecule has 20 heavy (non-hydrogen) atoms. The number of benzene rings is 1. The lowest BCUT2D eigenvalue weighted by molar-refractivity contribution is 0.181. The molecule has 1 aliphatic heterocycles. The number of likely N-dealkylation sites (tertiary alicyclic amines) is 1. The highest BCUT2D eigenvalue weighted by Gasteiger charge is 2.48. The van der Waals surface area contributed by atoms with E-state index in [1.807, 2.05) is 0 Å². The molecule has 0 bridgehead atoms. The van der Waals surface area contributed by atoms with Crippen molar-refractivity contribution in [1.29, 1.82) is 0 Å². The first-order valence-electron chi connectivity index (χ1n) is 7.64. The minimum atomic E-state index is 0.326. The second-order valence-electron chi connectivity index (χ2n) is 6.22. The van der Waals surface area contributed by atoms with Gasteiger partial charge in [-0.25, -0.2) is 0 Å². The molecule has 3 nitrogen and oxygen atoms in total. The average molecular weight is 275 g/mol. The van der Waals surface area contributed by atoms with E-state index in [-0.39, 0.29) is 0 Å². The summed E-state index contributed by atoms with van der Waals surface area (Å²) in [6.07, 6.45) is 6.61. The second-order valence-corrected chi connectivity index (χ2v) is 6.22. The lowest BCUT2D eigenvalue weighted by Gasteiger charge is -2.42. The van der Waals surface area contributed by atoms with Gasteiger partial charge in [-0.1, -0.05) is 18.9 Å². The summed E-state index contributed by atoms with van der Waals surface area (Å²) in [5, 5.41) is 0. The van der Waals surface area contributed by atoms with E-state index in [1.165, 1.54) is 44.2 Å². The summed E-state index contributed by atoms with van der Waals surface area (Å²) in [5.41, 5.74) is 1.76. The Kier molecular flexibility index (Phi) is 3.63. The maximum absolute atomic E-state index is 5.50. The van der Waals surface area contributed by atoms with Crippen LogP contribution in [0.5, 0.6) is 11.5 Å². The molecule has 0 radical (unpaired) electrons. The summed E-state index contributed by atoms with van der Waals surface area (Å²) in [4.78, 5) is 2.55. The van der Waals surface area contributed by atoms with Crippen LogP contribution in [0, 0.1) is 0 Å². The molecule has 0 amide bonds. The third-order valence-electron chi connectivity index (χ3n) is 5.39. The Hall–Kier alpha value is -1.22. The monoisotopic (exact) mass is 275 g/mol. The van der Waals surface area contributed by atoms with Crippen molar-refractivity contribution in [3.8, 4) is 11.5 Å². The number of likely N-dealkylation sites (N-methyl/N-ethyl adjacent to an activating group) is 1. The van der Waals surface area contributed by atoms with Gasteiger partial charge < -0.3 is 14.4 Å². The van der Waals surface area contributed by atoms with E-state index in [2.05, 4.69) is 30.1 Å². The highest BCUT2D eigenvalue weighted by atomic mass is 16.5. The summed E-state index contributed by atoms with van der Waals surface area (Å²) in [7, 11) is 5.69. The smallest absolute Gasteiger partial charge is 0.161 e. The van der Waals surface area contributed by atoms with Crippen molar-refractivity contribution in [3.63, 3.8) is 0 Å². The van der Waals surface area contributed by atoms with E-state index in [9.17, 15) is 0 Å². The molecular weight excluding hydrogens is 250 g/mol. The van der Waals surface area contributed by atoms with Gasteiger partial charge in [-0.05, 0) is 50.6 Å². The Morgan fingerprint density at radius 1 is 1.10 bits per heavy atom. The van der Waals surface area contributed by atoms with Gasteiger partial charge in [0.05, 0.1) is 14.2 Å². The summed E-state index contributed by atoms with van der Waals surface area (Å²) >= 11 is 0. The average Bonchev–Trinajstić information content (AvgIpc) is 2.85. The van der Waals surface area contributed by atoms with E-state index in [0.29, 0.717) is 11.5 Å². The van der Waals surface area contributed by atoms with E-state index < -0.39 is 0 Å². The number of ether oxygens (including phenoxy) is 2. The fourth-order valence-corrected chi connectivity index (χ4v) is 4.31. The van der Waals surface area contributed by atoms with E-state index in [1.54, 1.807) is 14.2 Å². The highest BCUT2D eigenvalue weighted by molar-refractivity contribution is 5.46. The Morgan fingerprint density at radius 3 is 2.65 bits per heavy atom. The van der Waals surface area contributed by atoms with Crippen LogP contribution in [0.2, 0.25) is 0 Å². The quantitative estimate of drug-likeness (QED) is 0.845. The van der Waals surface area contributed by atoms with Crippen LogP contribution < -0.4 is 9.47 Å². The van der Waals surface area contributed by atoms with Gasteiger partial charge in [0.1, 0.15) is 0 Å². The topological polar surface area (TPSA) is 21.7 Å². The van der Waals surface area contributed by atoms with Crippen LogP contribution in [0.4, 0.5) is 0 Å². The van der Waals surface area contributed by atoms with E-state index >= 15 is 0 Å². The second kappa shape index (κ2) is 5.28. The van der Waals surface area contributed by atoms with E-state index in [4.69, 9.17) is 9.47 Å². The molecule has 3 heteroatoms. The van der Waals surface area contributed by atoms with Crippen LogP contribution in [0.15, 0.2) is 18.2 Å². The number of hydrogen-bond acceptors (Lipinski definition) is 3. The molecule has 0 N–H and O–H groups in total. The summed E-state index contributed by atoms with van der Waals surface area (Å²) in [6.45, 7) is 1.21. The summed E-state index contributed by atoms with van der Waals surface area (Å²) < 4.78 is 10.9. The Morgan fingerprint density at radius 2 is 1.90 bits per heavy atom. The molecule has 1 aliphatic carbocycles. The van der Waals surface area contributed by atoms with Gasteiger partial charge >= 0.3 is 0 Å². The molecule has 1 aromatic carbocycles. The van der Waals surface area contributed by atoms with Crippen molar-refractivity contribution < 1.29 is 9.47 Å². The molecule has 1 saturated carbocycles. The molecule has 1 heterocycles. The zero-order valence-corrected chi connectivity index (χ0v) is 12.8. The van der Waals surface area contributed by atoms with Gasteiger partial charge in [-0.3, -0.25) is 0 Å². The van der Waals surface area contributed by atoms with Crippen LogP contribution in [0.3, 0.4) is 0 Å². The first-order valence-corrected chi connectivity index (χ1v) is 7.64. The Labute approximate surface area is 121 Å². The molecule has 2 unspecified atom stereocenters. The predicted octanol–water partition coefficient (Wildman–Crippen LogP) is 3.22. The SMILES string of the molecule is COc1ccc(C23CCCCC2N(C)CC3)cc1OC. The van der Waals surface area contributed by atoms with Crippen molar-refractivity contribution in [2.24, 2.45) is 0 Å². The summed E-state index contributed by atoms with van der Waals surface area (Å²) in [6, 6.07) is 7.21. The molecule has 110 valence electrons. The molecule has 0 aromatic heterocycles. The standard InChI is InChI=1S/C17H25NO2/c1-18-11-10-17(9-5-4-6-16(17)18)13-7-8-14(19-2)15(12-13)20-3/h7-8,12,16H,4-6,9-11H2,1-3H3. The minimum absolute atomic E-state index is 0.326. The predicted molar refractivity (Wildman–Crippen MR) is 80.7 cm³/mol. The third kappa shape index (κ3) is 1.99. The minimum Gasteiger partial charge on any atom is -0.493 e. The molecule has 0 spiro atoms. The first kappa shape index (κ1) is 13.7. The zero-order chi connectivity index (χ0) is 14.2. The zero-order valence-electron chi connectivity index (χ0n) is 12.8. The van der Waals surface area contributed by atoms with Crippen molar-refractivity contribution in [3.05, 3.63) is 23.8 Å². The van der Waals surface area contributed by atoms with Crippen LogP contribution in [0.1, 0.15) is 37.7 Å². The fraction of sp³-hybridized carbons (Fsp3) is 0.647. The number of hydrogen-bond donors (Lipinski definition) is 0. The maximum atomic E-state index is 5.50. The van der Waals surface area contributed by atoms with Crippen LogP contribution in [0.25, 0.3) is 0 Å². The third-order valence-corrected chi connectivity index (χ3v) is 5.39. The number of rotatable bonds is 3. The van der Waals surface area contributed by atoms with Gasteiger partial charge in [0, 0.05) is 11.5 Å². The van der Waals surface area contributed by atoms with Crippen molar-refractivity contribution >= 4 is 0 Å². The normalized spacial score (nSPS) is 30.1. The first-order chi connectivity index (χ1) is 9.71. The van der Waals surface area contributed by atoms with Crippen molar-refractivity contribution in [2.75, 3.05) is 27.8 Å². The highest BCUT2D eigenvalue weighted by Crippen LogP contribution is 2.49. The Bertz CT molecular complexity index is 484. The van der Waals surface area contributed by atoms with Gasteiger partial charge in [0.2, 0.25) is 0 Å². The maximum Gasteiger partial charge on any atom is 0.161 e. The molecule has 2 fully saturated rings. The number of fused-ring (bicyclic) bond motifs is 1. The van der Waals surface area contributed by atoms with Crippen molar-refractivity contribution in [1.82, 2.24) is 4.90 Å². The lowest BCUT2D eigenvalue weighted by Crippen LogP contribution is -2.43. The number of nitrogens with zero attached hydrogens (tertiary/aromatic N) is 1. The molecular formula is C17H25NO2. The molecule has 2 aliphatic rings. The van der Waals surface area contributed by atoms with Gasteiger partial charge in [0.15, 0.2) is 11.5 Å². The van der Waals surface area contributed by atoms with Gasteiger partial charge in [-0.15, -0.1) is 0 Å². The van der Waals surface area contributed by atoms with Crippen molar-refractivity contribution in [2.45, 2.75) is 43.6 Å². The lowest BCUT2D eigenvalue weighted by atomic mass is 9.66. The molecule has 1 saturated heterocycles. The fourth-order valence-electron chi connectivity index (χ4n) is 4.31. The van der Waals surface area contributed by atoms with Crippen LogP contribution in [-0.2, 0) is 5.41 Å². The largest absolute Gasteiger partial charge is 0.493 e. The van der Waals surface area contributed by atoms with Crippen LogP contribution >= 0.6 is 0 Å². The molecule has 2 atom stereocenters. The van der Waals surface area contributed by atoms with Gasteiger partial charge in [0.25, 0.3) is 0 Å². The molecule has 3 rings (SSSR count). The van der Waals surface area contributed by atoms with E-state index in [0.717, 1.165) is 11.5 Å².